The molecular weight excluding hydrogens is 315 g/mol. The minimum Gasteiger partial charge on any atom is -0.507 e. The number of phenolic OH excluding ortho intramolecular Hbond substituents is 2. The summed E-state index contributed by atoms with van der Waals surface area (Å²) < 4.78 is 0. The summed E-state index contributed by atoms with van der Waals surface area (Å²) in [5, 5.41) is 26.9. The van der Waals surface area contributed by atoms with Crippen LogP contribution in [0.2, 0.25) is 0 Å². The molecule has 0 saturated carbocycles. The summed E-state index contributed by atoms with van der Waals surface area (Å²) in [5.41, 5.74) is 0. The van der Waals surface area contributed by atoms with Crippen LogP contribution in [0.15, 0.2) is 72.8 Å². The third-order valence-electron chi connectivity index (χ3n) is 4.48. The number of hydrogen-bond donors (Lipinski definition) is 2. The fourth-order valence-electron chi connectivity index (χ4n) is 3.16. The topological polar surface area (TPSA) is 40.5 Å². The van der Waals surface area contributed by atoms with Crippen LogP contribution in [0.4, 0.5) is 0 Å². The SMILES string of the molecule is CP(c1ccc2ccccc2c1O)c1ccc2ccccc2c1O. The van der Waals surface area contributed by atoms with E-state index in [-0.39, 0.29) is 0 Å². The Labute approximate surface area is 141 Å². The molecule has 0 radical (unpaired) electrons. The molecule has 118 valence electrons. The summed E-state index contributed by atoms with van der Waals surface area (Å²) in [7, 11) is -0.859. The van der Waals surface area contributed by atoms with E-state index in [2.05, 4.69) is 6.66 Å². The molecule has 0 bridgehead atoms. The summed E-state index contributed by atoms with van der Waals surface area (Å²) in [6.07, 6.45) is 0. The monoisotopic (exact) mass is 332 g/mol. The molecule has 0 aromatic heterocycles. The molecular formula is C21H17O2P. The first-order chi connectivity index (χ1) is 11.7. The largest absolute Gasteiger partial charge is 0.507 e. The zero-order valence-corrected chi connectivity index (χ0v) is 14.2. The van der Waals surface area contributed by atoms with E-state index >= 15 is 0 Å². The Bertz CT molecular complexity index is 971. The van der Waals surface area contributed by atoms with Crippen LogP contribution in [0.5, 0.6) is 11.5 Å². The van der Waals surface area contributed by atoms with Gasteiger partial charge < -0.3 is 10.2 Å². The van der Waals surface area contributed by atoms with Crippen LogP contribution < -0.4 is 10.6 Å². The van der Waals surface area contributed by atoms with Gasteiger partial charge in [0, 0.05) is 21.4 Å². The van der Waals surface area contributed by atoms with Crippen LogP contribution in [-0.2, 0) is 0 Å². The van der Waals surface area contributed by atoms with Crippen molar-refractivity contribution in [1.82, 2.24) is 0 Å². The van der Waals surface area contributed by atoms with Gasteiger partial charge in [-0.05, 0) is 37.5 Å². The molecule has 0 aliphatic carbocycles. The van der Waals surface area contributed by atoms with Gasteiger partial charge in [0.25, 0.3) is 0 Å². The second kappa shape index (κ2) is 5.81. The molecule has 4 rings (SSSR count). The van der Waals surface area contributed by atoms with E-state index in [0.717, 1.165) is 32.2 Å². The minimum absolute atomic E-state index is 0.314. The molecule has 4 aromatic carbocycles. The van der Waals surface area contributed by atoms with Gasteiger partial charge in [0.05, 0.1) is 0 Å². The third kappa shape index (κ3) is 2.31. The first-order valence-electron chi connectivity index (χ1n) is 7.82. The van der Waals surface area contributed by atoms with Crippen molar-refractivity contribution in [3.05, 3.63) is 72.8 Å². The third-order valence-corrected chi connectivity index (χ3v) is 6.65. The highest BCUT2D eigenvalue weighted by Crippen LogP contribution is 2.40. The molecule has 0 amide bonds. The van der Waals surface area contributed by atoms with Gasteiger partial charge in [-0.15, -0.1) is 0 Å². The van der Waals surface area contributed by atoms with Crippen molar-refractivity contribution in [2.75, 3.05) is 6.66 Å². The number of phenols is 2. The standard InChI is InChI=1S/C21H17O2P/c1-24(18-12-10-14-6-2-4-8-16(14)20(18)22)19-13-11-15-7-3-5-9-17(15)21(19)23/h2-13,22-23H,1H3. The molecule has 3 heteroatoms. The molecule has 2 N–H and O–H groups in total. The maximum atomic E-state index is 10.7. The van der Waals surface area contributed by atoms with Gasteiger partial charge in [0.15, 0.2) is 0 Å². The number of hydrogen-bond acceptors (Lipinski definition) is 2. The Kier molecular flexibility index (Phi) is 3.63. The highest BCUT2D eigenvalue weighted by Gasteiger charge is 2.18. The molecule has 0 spiro atoms. The normalized spacial score (nSPS) is 11.4. The van der Waals surface area contributed by atoms with Crippen molar-refractivity contribution in [3.63, 3.8) is 0 Å². The van der Waals surface area contributed by atoms with E-state index in [9.17, 15) is 10.2 Å². The Morgan fingerprint density at radius 1 is 0.583 bits per heavy atom. The molecule has 2 nitrogen and oxygen atoms in total. The van der Waals surface area contributed by atoms with Crippen LogP contribution in [0.1, 0.15) is 0 Å². The fraction of sp³-hybridized carbons (Fsp3) is 0.0476. The fourth-order valence-corrected chi connectivity index (χ4v) is 4.89. The number of benzene rings is 4. The molecule has 0 atom stereocenters. The number of aromatic hydroxyl groups is 2. The Morgan fingerprint density at radius 3 is 1.46 bits per heavy atom. The summed E-state index contributed by atoms with van der Waals surface area (Å²) in [5.74, 6) is 0.628. The van der Waals surface area contributed by atoms with Crippen molar-refractivity contribution >= 4 is 40.1 Å². The predicted molar refractivity (Wildman–Crippen MR) is 103 cm³/mol. The van der Waals surface area contributed by atoms with E-state index in [1.807, 2.05) is 72.8 Å². The van der Waals surface area contributed by atoms with Gasteiger partial charge in [0.2, 0.25) is 0 Å². The molecule has 0 fully saturated rings. The summed E-state index contributed by atoms with van der Waals surface area (Å²) in [6.45, 7) is 2.07. The average Bonchev–Trinajstić information content (AvgIpc) is 2.62. The lowest BCUT2D eigenvalue weighted by molar-refractivity contribution is 0.485. The average molecular weight is 332 g/mol. The summed E-state index contributed by atoms with van der Waals surface area (Å²) in [4.78, 5) is 0. The number of fused-ring (bicyclic) bond motifs is 2. The van der Waals surface area contributed by atoms with Gasteiger partial charge in [0.1, 0.15) is 11.5 Å². The molecule has 0 unspecified atom stereocenters. The lowest BCUT2D eigenvalue weighted by Crippen LogP contribution is -2.12. The molecule has 0 aliphatic rings. The van der Waals surface area contributed by atoms with Gasteiger partial charge in [-0.1, -0.05) is 60.7 Å². The van der Waals surface area contributed by atoms with Crippen molar-refractivity contribution in [2.45, 2.75) is 0 Å². The van der Waals surface area contributed by atoms with Crippen LogP contribution in [0.3, 0.4) is 0 Å². The molecule has 0 aliphatic heterocycles. The molecule has 24 heavy (non-hydrogen) atoms. The second-order valence-electron chi connectivity index (χ2n) is 5.87. The molecule has 0 saturated heterocycles. The van der Waals surface area contributed by atoms with Crippen LogP contribution >= 0.6 is 7.92 Å². The highest BCUT2D eigenvalue weighted by molar-refractivity contribution is 7.72. The van der Waals surface area contributed by atoms with Gasteiger partial charge in [-0.3, -0.25) is 0 Å². The number of rotatable bonds is 2. The minimum atomic E-state index is -0.859. The predicted octanol–water partition coefficient (Wildman–Crippen LogP) is 4.47. The lowest BCUT2D eigenvalue weighted by Gasteiger charge is -2.18. The Balaban J connectivity index is 1.89. The van der Waals surface area contributed by atoms with E-state index in [4.69, 9.17) is 0 Å². The zero-order chi connectivity index (χ0) is 16.7. The van der Waals surface area contributed by atoms with Crippen molar-refractivity contribution in [2.24, 2.45) is 0 Å². The van der Waals surface area contributed by atoms with E-state index in [1.54, 1.807) is 0 Å². The second-order valence-corrected chi connectivity index (χ2v) is 7.95. The van der Waals surface area contributed by atoms with Crippen LogP contribution in [-0.4, -0.2) is 16.9 Å². The van der Waals surface area contributed by atoms with Gasteiger partial charge in [-0.25, -0.2) is 0 Å². The van der Waals surface area contributed by atoms with Gasteiger partial charge >= 0.3 is 0 Å². The Morgan fingerprint density at radius 2 is 1.00 bits per heavy atom. The Hall–Kier alpha value is -2.57. The van der Waals surface area contributed by atoms with Crippen molar-refractivity contribution < 1.29 is 10.2 Å². The molecule has 0 heterocycles. The maximum Gasteiger partial charge on any atom is 0.131 e. The summed E-state index contributed by atoms with van der Waals surface area (Å²) >= 11 is 0. The lowest BCUT2D eigenvalue weighted by atomic mass is 10.1. The first kappa shape index (κ1) is 15.0. The van der Waals surface area contributed by atoms with E-state index < -0.39 is 7.92 Å². The van der Waals surface area contributed by atoms with Crippen LogP contribution in [0, 0.1) is 0 Å². The maximum absolute atomic E-state index is 10.7. The van der Waals surface area contributed by atoms with Crippen LogP contribution in [0.25, 0.3) is 21.5 Å². The smallest absolute Gasteiger partial charge is 0.131 e. The first-order valence-corrected chi connectivity index (χ1v) is 9.61. The zero-order valence-electron chi connectivity index (χ0n) is 13.3. The van der Waals surface area contributed by atoms with E-state index in [0.29, 0.717) is 11.5 Å². The molecule has 4 aromatic rings. The van der Waals surface area contributed by atoms with Crippen molar-refractivity contribution in [1.29, 1.82) is 0 Å². The quantitative estimate of drug-likeness (QED) is 0.532. The highest BCUT2D eigenvalue weighted by atomic mass is 31.1. The van der Waals surface area contributed by atoms with Crippen molar-refractivity contribution in [3.8, 4) is 11.5 Å². The van der Waals surface area contributed by atoms with Gasteiger partial charge in [-0.2, -0.15) is 0 Å². The summed E-state index contributed by atoms with van der Waals surface area (Å²) in [6, 6.07) is 23.6. The van der Waals surface area contributed by atoms with E-state index in [1.165, 1.54) is 0 Å².